The summed E-state index contributed by atoms with van der Waals surface area (Å²) >= 11 is 0. The number of nitrogens with one attached hydrogen (secondary N) is 1. The van der Waals surface area contributed by atoms with E-state index in [1.54, 1.807) is 0 Å². The molecule has 0 aromatic carbocycles. The van der Waals surface area contributed by atoms with Crippen molar-refractivity contribution in [2.24, 2.45) is 0 Å². The minimum atomic E-state index is 0.622. The Morgan fingerprint density at radius 1 is 0.528 bits per heavy atom. The number of imidazole rings is 1. The topological polar surface area (TPSA) is 19.7 Å². The van der Waals surface area contributed by atoms with Crippen molar-refractivity contribution in [2.75, 3.05) is 0 Å². The third-order valence-electron chi connectivity index (χ3n) is 8.37. The zero-order valence-corrected chi connectivity index (χ0v) is 25.4. The van der Waals surface area contributed by atoms with Crippen molar-refractivity contribution in [1.82, 2.24) is 4.98 Å². The molecule has 0 aliphatic carbocycles. The Morgan fingerprint density at radius 3 is 1.39 bits per heavy atom. The van der Waals surface area contributed by atoms with Crippen LogP contribution in [0.15, 0.2) is 12.4 Å². The molecule has 2 atom stereocenters. The molecule has 2 heteroatoms. The van der Waals surface area contributed by atoms with Crippen molar-refractivity contribution in [2.45, 2.75) is 200 Å². The van der Waals surface area contributed by atoms with Gasteiger partial charge in [0.25, 0.3) is 5.82 Å². The summed E-state index contributed by atoms with van der Waals surface area (Å²) in [5, 5.41) is 0. The van der Waals surface area contributed by atoms with Gasteiger partial charge in [-0.3, -0.25) is 0 Å². The van der Waals surface area contributed by atoms with Crippen molar-refractivity contribution in [3.05, 3.63) is 18.2 Å². The second-order valence-electron chi connectivity index (χ2n) is 11.9. The van der Waals surface area contributed by atoms with Crippen molar-refractivity contribution in [3.63, 3.8) is 0 Å². The second kappa shape index (κ2) is 24.5. The summed E-state index contributed by atoms with van der Waals surface area (Å²) in [6.45, 7) is 9.41. The van der Waals surface area contributed by atoms with E-state index in [0.29, 0.717) is 12.0 Å². The maximum atomic E-state index is 3.66. The van der Waals surface area contributed by atoms with Gasteiger partial charge in [-0.25, -0.2) is 9.55 Å². The van der Waals surface area contributed by atoms with Gasteiger partial charge in [0.2, 0.25) is 0 Å². The first-order chi connectivity index (χ1) is 17.7. The van der Waals surface area contributed by atoms with E-state index >= 15 is 0 Å². The number of H-pyrrole nitrogens is 1. The molecule has 0 aliphatic rings. The molecule has 0 bridgehead atoms. The molecule has 1 heterocycles. The molecule has 1 N–H and O–H groups in total. The van der Waals surface area contributed by atoms with Crippen molar-refractivity contribution in [3.8, 4) is 0 Å². The molecule has 1 aromatic rings. The van der Waals surface area contributed by atoms with Crippen LogP contribution in [0.2, 0.25) is 0 Å². The smallest absolute Gasteiger partial charge is 0.247 e. The van der Waals surface area contributed by atoms with E-state index in [1.807, 2.05) is 0 Å². The van der Waals surface area contributed by atoms with E-state index in [4.69, 9.17) is 0 Å². The highest BCUT2D eigenvalue weighted by molar-refractivity contribution is 4.90. The number of aromatic nitrogens is 2. The van der Waals surface area contributed by atoms with Gasteiger partial charge in [-0.05, 0) is 32.6 Å². The van der Waals surface area contributed by atoms with Gasteiger partial charge < -0.3 is 0 Å². The summed E-state index contributed by atoms with van der Waals surface area (Å²) in [5.41, 5.74) is 0. The van der Waals surface area contributed by atoms with Crippen LogP contribution in [0, 0.1) is 0 Å². The van der Waals surface area contributed by atoms with Crippen LogP contribution in [-0.4, -0.2) is 4.98 Å². The molecule has 1 rings (SSSR count). The first kappa shape index (κ1) is 33.2. The van der Waals surface area contributed by atoms with Crippen molar-refractivity contribution in [1.29, 1.82) is 0 Å². The number of rotatable bonds is 27. The molecular weight excluding hydrogens is 436 g/mol. The average Bonchev–Trinajstić information content (AvgIpc) is 3.37. The molecule has 0 saturated heterocycles. The molecule has 2 unspecified atom stereocenters. The van der Waals surface area contributed by atoms with Crippen molar-refractivity contribution >= 4 is 0 Å². The molecule has 2 nitrogen and oxygen atoms in total. The van der Waals surface area contributed by atoms with Crippen LogP contribution < -0.4 is 4.57 Å². The lowest BCUT2D eigenvalue weighted by Crippen LogP contribution is -2.41. The van der Waals surface area contributed by atoms with E-state index < -0.39 is 0 Å². The van der Waals surface area contributed by atoms with Gasteiger partial charge in [0, 0.05) is 0 Å². The molecule has 0 spiro atoms. The standard InChI is InChI=1S/C34H66N2/c1-5-8-10-12-14-16-17-18-20-21-23-25-28-32(4)36-31-30-35-34(36)33(27-7-3)29-26-24-22-19-15-13-11-9-6-2/h30-33H,5-29H2,1-4H3/p+1. The molecule has 0 amide bonds. The molecule has 1 aromatic heterocycles. The van der Waals surface area contributed by atoms with Crippen molar-refractivity contribution < 1.29 is 4.57 Å². The Kier molecular flexibility index (Phi) is 22.7. The summed E-state index contributed by atoms with van der Waals surface area (Å²) < 4.78 is 2.59. The van der Waals surface area contributed by atoms with E-state index in [9.17, 15) is 0 Å². The zero-order valence-electron chi connectivity index (χ0n) is 25.4. The van der Waals surface area contributed by atoms with E-state index in [-0.39, 0.29) is 0 Å². The third kappa shape index (κ3) is 16.9. The molecule has 0 saturated carbocycles. The summed E-state index contributed by atoms with van der Waals surface area (Å²) in [6, 6.07) is 0.622. The monoisotopic (exact) mass is 504 g/mol. The lowest BCUT2D eigenvalue weighted by molar-refractivity contribution is -0.727. The van der Waals surface area contributed by atoms with Crippen LogP contribution in [0.3, 0.4) is 0 Å². The summed E-state index contributed by atoms with van der Waals surface area (Å²) in [4.78, 5) is 3.66. The predicted octanol–water partition coefficient (Wildman–Crippen LogP) is 11.8. The number of hydrogen-bond donors (Lipinski definition) is 1. The van der Waals surface area contributed by atoms with Gasteiger partial charge in [-0.15, -0.1) is 0 Å². The van der Waals surface area contributed by atoms with E-state index in [0.717, 1.165) is 0 Å². The summed E-state index contributed by atoms with van der Waals surface area (Å²) in [7, 11) is 0. The number of unbranched alkanes of at least 4 members (excludes halogenated alkanes) is 19. The fourth-order valence-electron chi connectivity index (χ4n) is 5.96. The van der Waals surface area contributed by atoms with Gasteiger partial charge >= 0.3 is 0 Å². The fraction of sp³-hybridized carbons (Fsp3) is 0.912. The minimum Gasteiger partial charge on any atom is -0.247 e. The van der Waals surface area contributed by atoms with Gasteiger partial charge in [-0.1, -0.05) is 156 Å². The van der Waals surface area contributed by atoms with Gasteiger partial charge in [0.05, 0.1) is 12.0 Å². The quantitative estimate of drug-likeness (QED) is 0.0909. The highest BCUT2D eigenvalue weighted by Crippen LogP contribution is 2.26. The average molecular weight is 504 g/mol. The van der Waals surface area contributed by atoms with Crippen LogP contribution >= 0.6 is 0 Å². The molecule has 212 valence electrons. The zero-order chi connectivity index (χ0) is 26.1. The Balaban J connectivity index is 2.20. The minimum absolute atomic E-state index is 0.622. The van der Waals surface area contributed by atoms with E-state index in [1.165, 1.54) is 166 Å². The largest absolute Gasteiger partial charge is 0.257 e. The first-order valence-corrected chi connectivity index (χ1v) is 16.8. The van der Waals surface area contributed by atoms with Crippen LogP contribution in [0.25, 0.3) is 0 Å². The van der Waals surface area contributed by atoms with Crippen LogP contribution in [-0.2, 0) is 0 Å². The highest BCUT2D eigenvalue weighted by Gasteiger charge is 2.24. The Bertz CT molecular complexity index is 563. The lowest BCUT2D eigenvalue weighted by atomic mass is 9.94. The SMILES string of the molecule is CCCCCCCCCCCCCCC(C)[n+]1cc[nH]c1C(CCC)CCCCCCCCCCC. The van der Waals surface area contributed by atoms with Crippen LogP contribution in [0.1, 0.15) is 206 Å². The highest BCUT2D eigenvalue weighted by atomic mass is 15.1. The third-order valence-corrected chi connectivity index (χ3v) is 8.37. The molecule has 36 heavy (non-hydrogen) atoms. The number of hydrogen-bond acceptors (Lipinski definition) is 0. The number of aromatic amines is 1. The Hall–Kier alpha value is -0.790. The molecule has 0 aliphatic heterocycles. The van der Waals surface area contributed by atoms with Gasteiger partial charge in [-0.2, -0.15) is 0 Å². The van der Waals surface area contributed by atoms with Gasteiger partial charge in [0.15, 0.2) is 0 Å². The van der Waals surface area contributed by atoms with Crippen LogP contribution in [0.4, 0.5) is 0 Å². The molecule has 0 radical (unpaired) electrons. The summed E-state index contributed by atoms with van der Waals surface area (Å²) in [5.74, 6) is 2.21. The lowest BCUT2D eigenvalue weighted by Gasteiger charge is -2.16. The predicted molar refractivity (Wildman–Crippen MR) is 161 cm³/mol. The Morgan fingerprint density at radius 2 is 0.944 bits per heavy atom. The molecule has 0 fully saturated rings. The normalized spacial score (nSPS) is 13.3. The fourth-order valence-corrected chi connectivity index (χ4v) is 5.96. The maximum Gasteiger partial charge on any atom is 0.257 e. The second-order valence-corrected chi connectivity index (χ2v) is 11.9. The number of nitrogens with zero attached hydrogens (tertiary/aromatic N) is 1. The van der Waals surface area contributed by atoms with Gasteiger partial charge in [0.1, 0.15) is 12.4 Å². The first-order valence-electron chi connectivity index (χ1n) is 16.8. The Labute approximate surface area is 227 Å². The molecular formula is C34H67N2+. The van der Waals surface area contributed by atoms with E-state index in [2.05, 4.69) is 49.6 Å². The summed E-state index contributed by atoms with van der Waals surface area (Å²) in [6.07, 6.45) is 39.8. The van der Waals surface area contributed by atoms with Crippen LogP contribution in [0.5, 0.6) is 0 Å². The maximum absolute atomic E-state index is 3.66.